The van der Waals surface area contributed by atoms with E-state index in [2.05, 4.69) is 5.32 Å². The van der Waals surface area contributed by atoms with E-state index < -0.39 is 17.6 Å². The standard InChI is InChI=1S/C14H16F2N2O/c1-9(2)13(8-17)14(19)18-4-3-10-5-11(15)7-12(16)6-10/h5-7,9,13H,3-4H2,1-2H3,(H,18,19). The number of hydrogen-bond acceptors (Lipinski definition) is 2. The van der Waals surface area contributed by atoms with E-state index >= 15 is 0 Å². The molecule has 0 saturated carbocycles. The van der Waals surface area contributed by atoms with E-state index in [0.717, 1.165) is 6.07 Å². The van der Waals surface area contributed by atoms with E-state index in [1.165, 1.54) is 12.1 Å². The van der Waals surface area contributed by atoms with Gasteiger partial charge in [-0.3, -0.25) is 4.79 Å². The van der Waals surface area contributed by atoms with Crippen molar-refractivity contribution in [3.63, 3.8) is 0 Å². The van der Waals surface area contributed by atoms with Gasteiger partial charge in [-0.2, -0.15) is 5.26 Å². The Labute approximate surface area is 111 Å². The number of nitriles is 1. The van der Waals surface area contributed by atoms with Crippen LogP contribution in [0.3, 0.4) is 0 Å². The zero-order valence-electron chi connectivity index (χ0n) is 10.9. The first-order chi connectivity index (χ1) is 8.93. The van der Waals surface area contributed by atoms with Gasteiger partial charge in [0.15, 0.2) is 0 Å². The molecule has 1 aromatic carbocycles. The largest absolute Gasteiger partial charge is 0.355 e. The van der Waals surface area contributed by atoms with Gasteiger partial charge in [0.1, 0.15) is 17.6 Å². The fourth-order valence-corrected chi connectivity index (χ4v) is 1.71. The summed E-state index contributed by atoms with van der Waals surface area (Å²) in [6, 6.07) is 5.18. The van der Waals surface area contributed by atoms with Crippen molar-refractivity contribution in [3.05, 3.63) is 35.4 Å². The highest BCUT2D eigenvalue weighted by Crippen LogP contribution is 2.10. The molecule has 0 aliphatic carbocycles. The summed E-state index contributed by atoms with van der Waals surface area (Å²) in [5.41, 5.74) is 0.468. The predicted octanol–water partition coefficient (Wildman–Crippen LogP) is 2.42. The Kier molecular flexibility index (Phi) is 5.43. The van der Waals surface area contributed by atoms with Gasteiger partial charge >= 0.3 is 0 Å². The maximum absolute atomic E-state index is 12.9. The first kappa shape index (κ1) is 15.1. The molecule has 0 spiro atoms. The summed E-state index contributed by atoms with van der Waals surface area (Å²) in [6.07, 6.45) is 0.316. The van der Waals surface area contributed by atoms with Crippen LogP contribution in [0.4, 0.5) is 8.78 Å². The first-order valence-electron chi connectivity index (χ1n) is 6.06. The molecule has 1 aromatic rings. The maximum atomic E-state index is 12.9. The minimum Gasteiger partial charge on any atom is -0.355 e. The molecule has 3 nitrogen and oxygen atoms in total. The molecule has 0 heterocycles. The Morgan fingerprint density at radius 1 is 1.32 bits per heavy atom. The van der Waals surface area contributed by atoms with Crippen LogP contribution in [-0.4, -0.2) is 12.5 Å². The summed E-state index contributed by atoms with van der Waals surface area (Å²) in [5.74, 6) is -2.41. The molecule has 0 bridgehead atoms. The van der Waals surface area contributed by atoms with Crippen molar-refractivity contribution in [2.24, 2.45) is 11.8 Å². The molecule has 0 aromatic heterocycles. The summed E-state index contributed by atoms with van der Waals surface area (Å²) in [5, 5.41) is 11.4. The molecule has 1 amide bonds. The molecule has 1 N–H and O–H groups in total. The van der Waals surface area contributed by atoms with Gasteiger partial charge in [-0.15, -0.1) is 0 Å². The summed E-state index contributed by atoms with van der Waals surface area (Å²) in [6.45, 7) is 3.82. The van der Waals surface area contributed by atoms with Gasteiger partial charge in [-0.05, 0) is 30.0 Å². The van der Waals surface area contributed by atoms with Crippen molar-refractivity contribution in [3.8, 4) is 6.07 Å². The van der Waals surface area contributed by atoms with Crippen LogP contribution in [0.1, 0.15) is 19.4 Å². The summed E-state index contributed by atoms with van der Waals surface area (Å²) in [4.78, 5) is 11.7. The van der Waals surface area contributed by atoms with Crippen molar-refractivity contribution in [1.82, 2.24) is 5.32 Å². The van der Waals surface area contributed by atoms with Crippen molar-refractivity contribution in [1.29, 1.82) is 5.26 Å². The molecule has 1 atom stereocenters. The topological polar surface area (TPSA) is 52.9 Å². The fourth-order valence-electron chi connectivity index (χ4n) is 1.71. The Morgan fingerprint density at radius 3 is 2.37 bits per heavy atom. The Balaban J connectivity index is 2.50. The minimum absolute atomic E-state index is 0.0726. The third-order valence-electron chi connectivity index (χ3n) is 2.72. The van der Waals surface area contributed by atoms with Crippen molar-refractivity contribution in [2.75, 3.05) is 6.54 Å². The number of halogens is 2. The molecule has 102 valence electrons. The Hall–Kier alpha value is -1.96. The zero-order valence-corrected chi connectivity index (χ0v) is 10.9. The maximum Gasteiger partial charge on any atom is 0.237 e. The van der Waals surface area contributed by atoms with Gasteiger partial charge in [-0.25, -0.2) is 8.78 Å². The van der Waals surface area contributed by atoms with E-state index in [4.69, 9.17) is 5.26 Å². The van der Waals surface area contributed by atoms with Crippen LogP contribution in [0.2, 0.25) is 0 Å². The van der Waals surface area contributed by atoms with Crippen molar-refractivity contribution in [2.45, 2.75) is 20.3 Å². The smallest absolute Gasteiger partial charge is 0.237 e. The predicted molar refractivity (Wildman–Crippen MR) is 67.0 cm³/mol. The molecular formula is C14H16F2N2O. The van der Waals surface area contributed by atoms with E-state index in [1.807, 2.05) is 6.07 Å². The number of carbonyl (C=O) groups excluding carboxylic acids is 1. The van der Waals surface area contributed by atoms with Crippen LogP contribution < -0.4 is 5.32 Å². The number of hydrogen-bond donors (Lipinski definition) is 1. The third-order valence-corrected chi connectivity index (χ3v) is 2.72. The lowest BCUT2D eigenvalue weighted by atomic mass is 9.96. The molecule has 19 heavy (non-hydrogen) atoms. The summed E-state index contributed by atoms with van der Waals surface area (Å²) >= 11 is 0. The van der Waals surface area contributed by atoms with Gasteiger partial charge in [0.2, 0.25) is 5.91 Å². The van der Waals surface area contributed by atoms with Gasteiger partial charge < -0.3 is 5.32 Å². The average molecular weight is 266 g/mol. The molecule has 1 rings (SSSR count). The summed E-state index contributed by atoms with van der Waals surface area (Å²) < 4.78 is 25.9. The number of carbonyl (C=O) groups is 1. The number of amides is 1. The summed E-state index contributed by atoms with van der Waals surface area (Å²) in [7, 11) is 0. The van der Waals surface area contributed by atoms with E-state index in [-0.39, 0.29) is 18.4 Å². The van der Waals surface area contributed by atoms with Crippen LogP contribution in [-0.2, 0) is 11.2 Å². The second-order valence-corrected chi connectivity index (χ2v) is 4.67. The number of rotatable bonds is 5. The molecule has 0 fully saturated rings. The van der Waals surface area contributed by atoms with Crippen LogP contribution in [0, 0.1) is 34.8 Å². The lowest BCUT2D eigenvalue weighted by Gasteiger charge is -2.13. The minimum atomic E-state index is -0.704. The van der Waals surface area contributed by atoms with Crippen LogP contribution in [0.5, 0.6) is 0 Å². The highest BCUT2D eigenvalue weighted by molar-refractivity contribution is 5.81. The first-order valence-corrected chi connectivity index (χ1v) is 6.06. The quantitative estimate of drug-likeness (QED) is 0.889. The average Bonchev–Trinajstić information content (AvgIpc) is 2.27. The molecule has 0 aliphatic heterocycles. The molecular weight excluding hydrogens is 250 g/mol. The Morgan fingerprint density at radius 2 is 1.89 bits per heavy atom. The Bertz CT molecular complexity index is 474. The van der Waals surface area contributed by atoms with Gasteiger partial charge in [0.25, 0.3) is 0 Å². The molecule has 0 aliphatic rings. The highest BCUT2D eigenvalue weighted by Gasteiger charge is 2.20. The lowest BCUT2D eigenvalue weighted by molar-refractivity contribution is -0.124. The molecule has 0 saturated heterocycles. The molecule has 5 heteroatoms. The van der Waals surface area contributed by atoms with Crippen LogP contribution in [0.25, 0.3) is 0 Å². The second-order valence-electron chi connectivity index (χ2n) is 4.67. The van der Waals surface area contributed by atoms with Gasteiger partial charge in [0.05, 0.1) is 6.07 Å². The van der Waals surface area contributed by atoms with Crippen LogP contribution >= 0.6 is 0 Å². The normalized spacial score (nSPS) is 12.0. The lowest BCUT2D eigenvalue weighted by Crippen LogP contribution is -2.34. The monoisotopic (exact) mass is 266 g/mol. The zero-order chi connectivity index (χ0) is 14.4. The SMILES string of the molecule is CC(C)C(C#N)C(=O)NCCc1cc(F)cc(F)c1. The third kappa shape index (κ3) is 4.66. The number of nitrogens with one attached hydrogen (secondary N) is 1. The van der Waals surface area contributed by atoms with Crippen LogP contribution in [0.15, 0.2) is 18.2 Å². The van der Waals surface area contributed by atoms with Gasteiger partial charge in [-0.1, -0.05) is 13.8 Å². The van der Waals surface area contributed by atoms with E-state index in [9.17, 15) is 13.6 Å². The fraction of sp³-hybridized carbons (Fsp3) is 0.429. The second kappa shape index (κ2) is 6.83. The number of nitrogens with zero attached hydrogens (tertiary/aromatic N) is 1. The van der Waals surface area contributed by atoms with Crippen molar-refractivity contribution >= 4 is 5.91 Å². The molecule has 0 radical (unpaired) electrons. The highest BCUT2D eigenvalue weighted by atomic mass is 19.1. The van der Waals surface area contributed by atoms with Gasteiger partial charge in [0, 0.05) is 12.6 Å². The van der Waals surface area contributed by atoms with Crippen molar-refractivity contribution < 1.29 is 13.6 Å². The molecule has 1 unspecified atom stereocenters. The van der Waals surface area contributed by atoms with E-state index in [0.29, 0.717) is 12.0 Å². The van der Waals surface area contributed by atoms with E-state index in [1.54, 1.807) is 13.8 Å². The number of benzene rings is 1.